The first-order valence-electron chi connectivity index (χ1n) is 14.3. The molecule has 2 aliphatic heterocycles. The summed E-state index contributed by atoms with van der Waals surface area (Å²) in [6.45, 7) is 5.40. The molecule has 9 heteroatoms. The largest absolute Gasteiger partial charge is 0.364 e. The van der Waals surface area contributed by atoms with Gasteiger partial charge in [-0.15, -0.1) is 0 Å². The molecule has 0 bridgehead atoms. The minimum absolute atomic E-state index is 0.0304. The second-order valence-corrected chi connectivity index (χ2v) is 11.1. The Kier molecular flexibility index (Phi) is 8.42. The van der Waals surface area contributed by atoms with Gasteiger partial charge in [0.15, 0.2) is 11.5 Å². The second kappa shape index (κ2) is 12.1. The highest BCUT2D eigenvalue weighted by molar-refractivity contribution is 5.96. The molecular weight excluding hydrogens is 478 g/mol. The SMILES string of the molecule is CC(=O)N[C@@H]1CCCCN(c2cnc(C(N)=O)c(Nc3ccc(C4CCN(C5CCCC5)CC4)cc3)n2)C1. The number of nitrogens with zero attached hydrogens (tertiary/aromatic N) is 4. The van der Waals surface area contributed by atoms with Crippen molar-refractivity contribution in [2.75, 3.05) is 36.4 Å². The number of primary amides is 1. The standard InChI is InChI=1S/C29H41N7O2/c1-20(37)32-24-6-4-5-15-36(19-24)26-18-31-27(28(30)38)29(34-26)33-23-11-9-21(10-12-23)22-13-16-35(17-14-22)25-7-2-3-8-25/h9-12,18,22,24-25H,2-8,13-17,19H2,1H3,(H2,30,38)(H,32,37)(H,33,34)/t24-/m1/s1. The number of hydrogen-bond acceptors (Lipinski definition) is 7. The van der Waals surface area contributed by atoms with Crippen LogP contribution in [0.3, 0.4) is 0 Å². The lowest BCUT2D eigenvalue weighted by molar-refractivity contribution is -0.119. The van der Waals surface area contributed by atoms with E-state index < -0.39 is 5.91 Å². The molecule has 38 heavy (non-hydrogen) atoms. The van der Waals surface area contributed by atoms with Crippen LogP contribution in [0, 0.1) is 0 Å². The Hall–Kier alpha value is -3.20. The van der Waals surface area contributed by atoms with Crippen LogP contribution in [-0.4, -0.2) is 64.9 Å². The minimum atomic E-state index is -0.621. The van der Waals surface area contributed by atoms with E-state index in [1.54, 1.807) is 13.1 Å². The van der Waals surface area contributed by atoms with Gasteiger partial charge in [0.05, 0.1) is 6.20 Å². The van der Waals surface area contributed by atoms with Gasteiger partial charge in [-0.05, 0) is 81.6 Å². The molecule has 2 amide bonds. The van der Waals surface area contributed by atoms with E-state index in [1.165, 1.54) is 57.2 Å². The van der Waals surface area contributed by atoms with Crippen LogP contribution in [0.5, 0.6) is 0 Å². The maximum atomic E-state index is 12.1. The van der Waals surface area contributed by atoms with Crippen LogP contribution < -0.4 is 21.3 Å². The predicted molar refractivity (Wildman–Crippen MR) is 150 cm³/mol. The Bertz CT molecular complexity index is 1110. The first-order valence-corrected chi connectivity index (χ1v) is 14.3. The summed E-state index contributed by atoms with van der Waals surface area (Å²) in [4.78, 5) is 37.7. The van der Waals surface area contributed by atoms with E-state index in [9.17, 15) is 9.59 Å². The average molecular weight is 520 g/mol. The van der Waals surface area contributed by atoms with Crippen LogP contribution in [0.15, 0.2) is 30.5 Å². The summed E-state index contributed by atoms with van der Waals surface area (Å²) in [6, 6.07) is 9.34. The second-order valence-electron chi connectivity index (χ2n) is 11.1. The van der Waals surface area contributed by atoms with E-state index in [4.69, 9.17) is 10.7 Å². The Morgan fingerprint density at radius 3 is 2.34 bits per heavy atom. The first kappa shape index (κ1) is 26.4. The number of amides is 2. The topological polar surface area (TPSA) is 116 Å². The lowest BCUT2D eigenvalue weighted by Gasteiger charge is -2.36. The maximum absolute atomic E-state index is 12.1. The molecular formula is C29H41N7O2. The van der Waals surface area contributed by atoms with Gasteiger partial charge in [-0.1, -0.05) is 25.0 Å². The number of nitrogens with one attached hydrogen (secondary N) is 2. The summed E-state index contributed by atoms with van der Waals surface area (Å²) >= 11 is 0. The molecule has 1 aromatic carbocycles. The zero-order valence-corrected chi connectivity index (χ0v) is 22.5. The number of anilines is 3. The van der Waals surface area contributed by atoms with Crippen molar-refractivity contribution >= 4 is 29.1 Å². The van der Waals surface area contributed by atoms with Gasteiger partial charge in [-0.3, -0.25) is 9.59 Å². The van der Waals surface area contributed by atoms with Crippen molar-refractivity contribution in [3.8, 4) is 0 Å². The normalized spacial score (nSPS) is 21.7. The van der Waals surface area contributed by atoms with Crippen LogP contribution in [-0.2, 0) is 4.79 Å². The molecule has 9 nitrogen and oxygen atoms in total. The monoisotopic (exact) mass is 519 g/mol. The van der Waals surface area contributed by atoms with Crippen molar-refractivity contribution in [2.24, 2.45) is 5.73 Å². The number of piperidine rings is 1. The van der Waals surface area contributed by atoms with Gasteiger partial charge in [0, 0.05) is 37.8 Å². The molecule has 1 aromatic heterocycles. The molecule has 1 saturated carbocycles. The van der Waals surface area contributed by atoms with Crippen molar-refractivity contribution in [1.29, 1.82) is 0 Å². The molecule has 2 aromatic rings. The average Bonchev–Trinajstić information content (AvgIpc) is 3.36. The highest BCUT2D eigenvalue weighted by Crippen LogP contribution is 2.33. The molecule has 3 heterocycles. The number of rotatable bonds is 7. The van der Waals surface area contributed by atoms with Crippen molar-refractivity contribution in [3.63, 3.8) is 0 Å². The molecule has 3 aliphatic rings. The van der Waals surface area contributed by atoms with Crippen molar-refractivity contribution in [1.82, 2.24) is 20.2 Å². The van der Waals surface area contributed by atoms with Crippen molar-refractivity contribution in [3.05, 3.63) is 41.7 Å². The summed E-state index contributed by atoms with van der Waals surface area (Å²) < 4.78 is 0. The van der Waals surface area contributed by atoms with Crippen LogP contribution in [0.4, 0.5) is 17.3 Å². The van der Waals surface area contributed by atoms with Crippen molar-refractivity contribution < 1.29 is 9.59 Å². The molecule has 1 atom stereocenters. The third-order valence-corrected chi connectivity index (χ3v) is 8.41. The van der Waals surface area contributed by atoms with Crippen LogP contribution in [0.25, 0.3) is 0 Å². The Morgan fingerprint density at radius 1 is 0.947 bits per heavy atom. The van der Waals surface area contributed by atoms with E-state index in [2.05, 4.69) is 49.7 Å². The Labute approximate surface area is 225 Å². The quantitative estimate of drug-likeness (QED) is 0.507. The molecule has 0 spiro atoms. The zero-order chi connectivity index (χ0) is 26.5. The summed E-state index contributed by atoms with van der Waals surface area (Å²) in [5.74, 6) is 0.959. The molecule has 2 saturated heterocycles. The number of likely N-dealkylation sites (tertiary alicyclic amines) is 1. The van der Waals surface area contributed by atoms with E-state index in [0.717, 1.165) is 37.5 Å². The molecule has 204 valence electrons. The van der Waals surface area contributed by atoms with Gasteiger partial charge in [0.25, 0.3) is 5.91 Å². The predicted octanol–water partition coefficient (Wildman–Crippen LogP) is 3.94. The van der Waals surface area contributed by atoms with E-state index >= 15 is 0 Å². The highest BCUT2D eigenvalue weighted by Gasteiger charge is 2.28. The smallest absolute Gasteiger partial charge is 0.271 e. The van der Waals surface area contributed by atoms with Gasteiger partial charge >= 0.3 is 0 Å². The number of carbonyl (C=O) groups excluding carboxylic acids is 2. The first-order chi connectivity index (χ1) is 18.5. The van der Waals surface area contributed by atoms with E-state index in [-0.39, 0.29) is 17.6 Å². The van der Waals surface area contributed by atoms with Gasteiger partial charge in [0.1, 0.15) is 5.82 Å². The van der Waals surface area contributed by atoms with Crippen LogP contribution in [0.1, 0.15) is 86.7 Å². The fourth-order valence-electron chi connectivity index (χ4n) is 6.40. The third kappa shape index (κ3) is 6.43. The fourth-order valence-corrected chi connectivity index (χ4v) is 6.40. The summed E-state index contributed by atoms with van der Waals surface area (Å²) in [5.41, 5.74) is 7.96. The van der Waals surface area contributed by atoms with Crippen LogP contribution >= 0.6 is 0 Å². The number of carbonyl (C=O) groups is 2. The molecule has 5 rings (SSSR count). The minimum Gasteiger partial charge on any atom is -0.364 e. The lowest BCUT2D eigenvalue weighted by Crippen LogP contribution is -2.42. The molecule has 4 N–H and O–H groups in total. The summed E-state index contributed by atoms with van der Waals surface area (Å²) in [5, 5.41) is 6.32. The van der Waals surface area contributed by atoms with Gasteiger partial charge in [-0.25, -0.2) is 9.97 Å². The lowest BCUT2D eigenvalue weighted by atomic mass is 9.88. The molecule has 0 unspecified atom stereocenters. The number of nitrogens with two attached hydrogens (primary N) is 1. The third-order valence-electron chi connectivity index (χ3n) is 8.41. The molecule has 1 aliphatic carbocycles. The molecule has 3 fully saturated rings. The summed E-state index contributed by atoms with van der Waals surface area (Å²) in [7, 11) is 0. The molecule has 0 radical (unpaired) electrons. The zero-order valence-electron chi connectivity index (χ0n) is 22.5. The Morgan fingerprint density at radius 2 is 1.66 bits per heavy atom. The van der Waals surface area contributed by atoms with E-state index in [0.29, 0.717) is 24.1 Å². The van der Waals surface area contributed by atoms with Gasteiger partial charge < -0.3 is 26.2 Å². The van der Waals surface area contributed by atoms with E-state index in [1.807, 2.05) is 0 Å². The maximum Gasteiger partial charge on any atom is 0.271 e. The van der Waals surface area contributed by atoms with Crippen LogP contribution in [0.2, 0.25) is 0 Å². The summed E-state index contributed by atoms with van der Waals surface area (Å²) in [6.07, 6.45) is 12.5. The van der Waals surface area contributed by atoms with Gasteiger partial charge in [0.2, 0.25) is 5.91 Å². The Balaban J connectivity index is 1.26. The van der Waals surface area contributed by atoms with Gasteiger partial charge in [-0.2, -0.15) is 0 Å². The fraction of sp³-hybridized carbons (Fsp3) is 0.586. The number of hydrogen-bond donors (Lipinski definition) is 3. The number of aromatic nitrogens is 2. The van der Waals surface area contributed by atoms with Crippen molar-refractivity contribution in [2.45, 2.75) is 82.7 Å². The number of benzene rings is 1. The highest BCUT2D eigenvalue weighted by atomic mass is 16.1.